The lowest BCUT2D eigenvalue weighted by atomic mass is 10.1. The second-order valence-electron chi connectivity index (χ2n) is 5.94. The summed E-state index contributed by atoms with van der Waals surface area (Å²) in [7, 11) is 0. The molecule has 2 aromatic carbocycles. The first-order valence-corrected chi connectivity index (χ1v) is 8.15. The maximum atomic E-state index is 13.7. The lowest BCUT2D eigenvalue weighted by molar-refractivity contribution is -0.384. The summed E-state index contributed by atoms with van der Waals surface area (Å²) < 4.78 is 13.7. The van der Waals surface area contributed by atoms with Gasteiger partial charge in [0.25, 0.3) is 11.6 Å². The van der Waals surface area contributed by atoms with Crippen LogP contribution in [0.25, 0.3) is 0 Å². The van der Waals surface area contributed by atoms with Crippen LogP contribution in [0.3, 0.4) is 0 Å². The Kier molecular flexibility index (Phi) is 4.92. The fourth-order valence-electron chi connectivity index (χ4n) is 2.97. The van der Waals surface area contributed by atoms with Gasteiger partial charge in [0, 0.05) is 24.7 Å². The van der Waals surface area contributed by atoms with Crippen LogP contribution in [-0.2, 0) is 0 Å². The Hall–Kier alpha value is -2.96. The number of hydrogen-bond acceptors (Lipinski definition) is 4. The fraction of sp³-hybridized carbons (Fsp3) is 0.278. The smallest absolute Gasteiger partial charge is 0.293 e. The zero-order valence-corrected chi connectivity index (χ0v) is 13.6. The summed E-state index contributed by atoms with van der Waals surface area (Å²) in [5.41, 5.74) is 0.571. The number of benzene rings is 2. The molecule has 1 aliphatic heterocycles. The first-order valence-electron chi connectivity index (χ1n) is 8.15. The molecule has 1 saturated heterocycles. The van der Waals surface area contributed by atoms with E-state index in [1.54, 1.807) is 12.1 Å². The molecule has 25 heavy (non-hydrogen) atoms. The van der Waals surface area contributed by atoms with Crippen molar-refractivity contribution in [3.8, 4) is 0 Å². The van der Waals surface area contributed by atoms with Gasteiger partial charge < -0.3 is 10.2 Å². The molecule has 1 amide bonds. The molecular weight excluding hydrogens is 325 g/mol. The lowest BCUT2D eigenvalue weighted by Crippen LogP contribution is -2.30. The van der Waals surface area contributed by atoms with Gasteiger partial charge in [0.1, 0.15) is 11.5 Å². The molecule has 1 aliphatic rings. The van der Waals surface area contributed by atoms with Gasteiger partial charge in [-0.15, -0.1) is 0 Å². The molecule has 6 nitrogen and oxygen atoms in total. The summed E-state index contributed by atoms with van der Waals surface area (Å²) in [5, 5.41) is 13.9. The molecule has 0 spiro atoms. The SMILES string of the molecule is O=C(Nc1ccccc1F)c1ccc(N2CCCCC2)c([N+](=O)[O-])c1. The van der Waals surface area contributed by atoms with Gasteiger partial charge in [-0.3, -0.25) is 14.9 Å². The van der Waals surface area contributed by atoms with E-state index < -0.39 is 16.6 Å². The number of nitro benzene ring substituents is 1. The molecule has 130 valence electrons. The van der Waals surface area contributed by atoms with Crippen LogP contribution in [0.2, 0.25) is 0 Å². The molecule has 1 heterocycles. The Morgan fingerprint density at radius 1 is 1.12 bits per heavy atom. The molecule has 0 aromatic heterocycles. The summed E-state index contributed by atoms with van der Waals surface area (Å²) in [4.78, 5) is 25.2. The lowest BCUT2D eigenvalue weighted by Gasteiger charge is -2.28. The topological polar surface area (TPSA) is 75.5 Å². The summed E-state index contributed by atoms with van der Waals surface area (Å²) in [6.45, 7) is 1.53. The quantitative estimate of drug-likeness (QED) is 0.673. The van der Waals surface area contributed by atoms with Crippen molar-refractivity contribution >= 4 is 23.0 Å². The van der Waals surface area contributed by atoms with Gasteiger partial charge in [0.15, 0.2) is 0 Å². The van der Waals surface area contributed by atoms with E-state index in [-0.39, 0.29) is 16.9 Å². The first-order chi connectivity index (χ1) is 12.1. The summed E-state index contributed by atoms with van der Waals surface area (Å²) >= 11 is 0. The Balaban J connectivity index is 1.87. The number of nitro groups is 1. The molecule has 0 saturated carbocycles. The van der Waals surface area contributed by atoms with Crippen molar-refractivity contribution in [1.29, 1.82) is 0 Å². The largest absolute Gasteiger partial charge is 0.366 e. The number of nitrogens with zero attached hydrogens (tertiary/aromatic N) is 2. The predicted octanol–water partition coefficient (Wildman–Crippen LogP) is 3.98. The predicted molar refractivity (Wildman–Crippen MR) is 93.5 cm³/mol. The van der Waals surface area contributed by atoms with E-state index in [1.165, 1.54) is 30.3 Å². The molecule has 0 aliphatic carbocycles. The zero-order chi connectivity index (χ0) is 17.8. The van der Waals surface area contributed by atoms with Crippen LogP contribution in [0.1, 0.15) is 29.6 Å². The van der Waals surface area contributed by atoms with Gasteiger partial charge in [0.05, 0.1) is 10.6 Å². The molecular formula is C18H18FN3O3. The van der Waals surface area contributed by atoms with Crippen LogP contribution in [0.15, 0.2) is 42.5 Å². The van der Waals surface area contributed by atoms with Crippen molar-refractivity contribution in [1.82, 2.24) is 0 Å². The molecule has 0 radical (unpaired) electrons. The maximum Gasteiger partial charge on any atom is 0.293 e. The number of anilines is 2. The number of halogens is 1. The number of hydrogen-bond donors (Lipinski definition) is 1. The van der Waals surface area contributed by atoms with Crippen LogP contribution >= 0.6 is 0 Å². The summed E-state index contributed by atoms with van der Waals surface area (Å²) in [6.07, 6.45) is 3.10. The summed E-state index contributed by atoms with van der Waals surface area (Å²) in [5.74, 6) is -1.14. The van der Waals surface area contributed by atoms with Crippen molar-refractivity contribution in [2.24, 2.45) is 0 Å². The Morgan fingerprint density at radius 2 is 1.84 bits per heavy atom. The molecule has 7 heteroatoms. The highest BCUT2D eigenvalue weighted by molar-refractivity contribution is 6.05. The summed E-state index contributed by atoms with van der Waals surface area (Å²) in [6, 6.07) is 10.2. The van der Waals surface area contributed by atoms with E-state index in [2.05, 4.69) is 5.32 Å². The van der Waals surface area contributed by atoms with Crippen LogP contribution in [0.4, 0.5) is 21.5 Å². The van der Waals surface area contributed by atoms with Gasteiger partial charge in [-0.05, 0) is 43.5 Å². The van der Waals surface area contributed by atoms with Crippen LogP contribution in [0, 0.1) is 15.9 Å². The molecule has 0 unspecified atom stereocenters. The van der Waals surface area contributed by atoms with E-state index in [1.807, 2.05) is 4.90 Å². The number of rotatable bonds is 4. The van der Waals surface area contributed by atoms with Gasteiger partial charge in [-0.1, -0.05) is 12.1 Å². The van der Waals surface area contributed by atoms with E-state index in [9.17, 15) is 19.3 Å². The minimum absolute atomic E-state index is 0.0373. The van der Waals surface area contributed by atoms with Gasteiger partial charge in [0.2, 0.25) is 0 Å². The Bertz CT molecular complexity index is 804. The van der Waals surface area contributed by atoms with Crippen molar-refractivity contribution in [3.05, 3.63) is 64.0 Å². The fourth-order valence-corrected chi connectivity index (χ4v) is 2.97. The maximum absolute atomic E-state index is 13.7. The average molecular weight is 343 g/mol. The Morgan fingerprint density at radius 3 is 2.52 bits per heavy atom. The molecule has 1 fully saturated rings. The molecule has 0 atom stereocenters. The van der Waals surface area contributed by atoms with E-state index in [4.69, 9.17) is 0 Å². The highest BCUT2D eigenvalue weighted by atomic mass is 19.1. The van der Waals surface area contributed by atoms with Crippen molar-refractivity contribution < 1.29 is 14.1 Å². The van der Waals surface area contributed by atoms with E-state index in [0.717, 1.165) is 32.4 Å². The van der Waals surface area contributed by atoms with Crippen LogP contribution in [0.5, 0.6) is 0 Å². The molecule has 3 rings (SSSR count). The number of carbonyl (C=O) groups excluding carboxylic acids is 1. The van der Waals surface area contributed by atoms with Gasteiger partial charge in [-0.2, -0.15) is 0 Å². The third-order valence-corrected chi connectivity index (χ3v) is 4.25. The average Bonchev–Trinajstić information content (AvgIpc) is 2.63. The highest BCUT2D eigenvalue weighted by Gasteiger charge is 2.23. The molecule has 1 N–H and O–H groups in total. The molecule has 0 bridgehead atoms. The van der Waals surface area contributed by atoms with Crippen molar-refractivity contribution in [2.45, 2.75) is 19.3 Å². The minimum atomic E-state index is -0.585. The third-order valence-electron chi connectivity index (χ3n) is 4.25. The number of amides is 1. The number of para-hydroxylation sites is 1. The molecule has 2 aromatic rings. The van der Waals surface area contributed by atoms with Crippen molar-refractivity contribution in [3.63, 3.8) is 0 Å². The normalized spacial score (nSPS) is 14.2. The van der Waals surface area contributed by atoms with E-state index >= 15 is 0 Å². The van der Waals surface area contributed by atoms with Crippen molar-refractivity contribution in [2.75, 3.05) is 23.3 Å². The standard InChI is InChI=1S/C18H18FN3O3/c19-14-6-2-3-7-15(14)20-18(23)13-8-9-16(17(12-13)22(24)25)21-10-4-1-5-11-21/h2-3,6-9,12H,1,4-5,10-11H2,(H,20,23). The second kappa shape index (κ2) is 7.29. The highest BCUT2D eigenvalue weighted by Crippen LogP contribution is 2.31. The number of carbonyl (C=O) groups is 1. The van der Waals surface area contributed by atoms with Crippen LogP contribution in [-0.4, -0.2) is 23.9 Å². The number of piperidine rings is 1. The Labute approximate surface area is 144 Å². The first kappa shape index (κ1) is 16.9. The second-order valence-corrected chi connectivity index (χ2v) is 5.94. The third kappa shape index (κ3) is 3.76. The minimum Gasteiger partial charge on any atom is -0.366 e. The zero-order valence-electron chi connectivity index (χ0n) is 13.6. The van der Waals surface area contributed by atoms with E-state index in [0.29, 0.717) is 5.69 Å². The number of nitrogens with one attached hydrogen (secondary N) is 1. The monoisotopic (exact) mass is 343 g/mol. The van der Waals surface area contributed by atoms with Gasteiger partial charge in [-0.25, -0.2) is 4.39 Å². The van der Waals surface area contributed by atoms with Gasteiger partial charge >= 0.3 is 0 Å². The van der Waals surface area contributed by atoms with Crippen LogP contribution < -0.4 is 10.2 Å².